The summed E-state index contributed by atoms with van der Waals surface area (Å²) in [5.41, 5.74) is 2.76. The summed E-state index contributed by atoms with van der Waals surface area (Å²) in [5, 5.41) is 11.1. The second-order valence-electron chi connectivity index (χ2n) is 9.42. The van der Waals surface area contributed by atoms with E-state index in [1.165, 1.54) is 12.1 Å². The molecule has 198 valence electrons. The summed E-state index contributed by atoms with van der Waals surface area (Å²) in [4.78, 5) is 16.2. The molecule has 6 nitrogen and oxygen atoms in total. The Labute approximate surface area is 240 Å². The number of hydrogen-bond donors (Lipinski definition) is 1. The molecule has 3 heterocycles. The van der Waals surface area contributed by atoms with Crippen LogP contribution in [-0.2, 0) is 10.0 Å². The summed E-state index contributed by atoms with van der Waals surface area (Å²) in [6.45, 7) is 0. The number of hydrogen-bond acceptors (Lipinski definition) is 6. The molecule has 2 unspecified atom stereocenters. The SMILES string of the molecule is O=C(c1cccc(S(=O)(=O)Nc2ccc(Cl)cc2)c1)N1N=C2/C(=C\c3cccs3)CCCC2C1c1cccs1. The maximum atomic E-state index is 14.0. The van der Waals surface area contributed by atoms with Crippen molar-refractivity contribution in [1.29, 1.82) is 0 Å². The third kappa shape index (κ3) is 5.32. The van der Waals surface area contributed by atoms with Gasteiger partial charge in [-0.3, -0.25) is 9.52 Å². The molecule has 2 aromatic carbocycles. The van der Waals surface area contributed by atoms with Crippen molar-refractivity contribution in [3.63, 3.8) is 0 Å². The molecule has 1 aliphatic heterocycles. The van der Waals surface area contributed by atoms with Gasteiger partial charge in [-0.15, -0.1) is 22.7 Å². The predicted octanol–water partition coefficient (Wildman–Crippen LogP) is 7.70. The van der Waals surface area contributed by atoms with E-state index in [1.54, 1.807) is 64.1 Å². The number of nitrogens with zero attached hydrogens (tertiary/aromatic N) is 2. The first-order valence-electron chi connectivity index (χ1n) is 12.5. The van der Waals surface area contributed by atoms with Crippen LogP contribution in [0.1, 0.15) is 45.4 Å². The van der Waals surface area contributed by atoms with Crippen LogP contribution in [0.15, 0.2) is 99.1 Å². The van der Waals surface area contributed by atoms with E-state index in [1.807, 2.05) is 23.6 Å². The average molecular weight is 594 g/mol. The molecular weight excluding hydrogens is 570 g/mol. The lowest BCUT2D eigenvalue weighted by molar-refractivity contribution is 0.0684. The van der Waals surface area contributed by atoms with Gasteiger partial charge in [-0.05, 0) is 96.3 Å². The van der Waals surface area contributed by atoms with Crippen molar-refractivity contribution < 1.29 is 13.2 Å². The smallest absolute Gasteiger partial charge is 0.274 e. The predicted molar refractivity (Wildman–Crippen MR) is 159 cm³/mol. The number of halogens is 1. The second kappa shape index (κ2) is 10.7. The first-order valence-corrected chi connectivity index (χ1v) is 16.1. The second-order valence-corrected chi connectivity index (χ2v) is 13.5. The fraction of sp³-hybridized carbons (Fsp3) is 0.172. The monoisotopic (exact) mass is 593 g/mol. The van der Waals surface area contributed by atoms with Crippen LogP contribution in [0.4, 0.5) is 5.69 Å². The van der Waals surface area contributed by atoms with E-state index in [0.717, 1.165) is 40.3 Å². The van der Waals surface area contributed by atoms with E-state index in [9.17, 15) is 13.2 Å². The van der Waals surface area contributed by atoms with Crippen LogP contribution in [0.25, 0.3) is 6.08 Å². The van der Waals surface area contributed by atoms with E-state index in [0.29, 0.717) is 10.7 Å². The number of anilines is 1. The molecule has 0 bridgehead atoms. The number of rotatable bonds is 6. The van der Waals surface area contributed by atoms with Crippen LogP contribution < -0.4 is 4.72 Å². The van der Waals surface area contributed by atoms with Crippen LogP contribution in [0.2, 0.25) is 5.02 Å². The van der Waals surface area contributed by atoms with Gasteiger partial charge in [0.25, 0.3) is 15.9 Å². The molecular formula is C29H24ClN3O3S3. The first kappa shape index (κ1) is 26.0. The van der Waals surface area contributed by atoms with Crippen molar-refractivity contribution in [2.45, 2.75) is 30.2 Å². The number of carbonyl (C=O) groups excluding carboxylic acids is 1. The maximum absolute atomic E-state index is 14.0. The zero-order valence-electron chi connectivity index (χ0n) is 20.7. The molecule has 0 saturated heterocycles. The summed E-state index contributed by atoms with van der Waals surface area (Å²) in [5.74, 6) is -0.236. The van der Waals surface area contributed by atoms with Gasteiger partial charge in [-0.25, -0.2) is 13.4 Å². The summed E-state index contributed by atoms with van der Waals surface area (Å²) in [6, 6.07) is 20.4. The van der Waals surface area contributed by atoms with E-state index < -0.39 is 10.0 Å². The van der Waals surface area contributed by atoms with E-state index in [2.05, 4.69) is 22.2 Å². The number of fused-ring (bicyclic) bond motifs is 1. The Hall–Kier alpha value is -3.24. The van der Waals surface area contributed by atoms with Crippen molar-refractivity contribution in [3.05, 3.63) is 109 Å². The highest BCUT2D eigenvalue weighted by molar-refractivity contribution is 7.92. The minimum absolute atomic E-state index is 0.00137. The Kier molecular flexibility index (Phi) is 7.16. The summed E-state index contributed by atoms with van der Waals surface area (Å²) < 4.78 is 28.8. The van der Waals surface area contributed by atoms with E-state index in [4.69, 9.17) is 16.7 Å². The first-order chi connectivity index (χ1) is 18.9. The van der Waals surface area contributed by atoms with Gasteiger partial charge in [-0.2, -0.15) is 5.10 Å². The fourth-order valence-corrected chi connectivity index (χ4v) is 7.90. The highest BCUT2D eigenvalue weighted by atomic mass is 35.5. The third-order valence-corrected chi connectivity index (χ3v) is 10.3. The van der Waals surface area contributed by atoms with Crippen molar-refractivity contribution in [2.24, 2.45) is 11.0 Å². The Morgan fingerprint density at radius 3 is 2.56 bits per heavy atom. The van der Waals surface area contributed by atoms with Gasteiger partial charge in [0.2, 0.25) is 0 Å². The lowest BCUT2D eigenvalue weighted by atomic mass is 9.79. The van der Waals surface area contributed by atoms with Crippen LogP contribution in [-0.4, -0.2) is 25.0 Å². The fourth-order valence-electron chi connectivity index (χ4n) is 5.11. The van der Waals surface area contributed by atoms with Gasteiger partial charge in [0, 0.05) is 31.9 Å². The number of nitrogens with one attached hydrogen (secondary N) is 1. The number of carbonyl (C=O) groups is 1. The van der Waals surface area contributed by atoms with Gasteiger partial charge in [0.1, 0.15) is 0 Å². The van der Waals surface area contributed by atoms with Crippen LogP contribution in [0.5, 0.6) is 0 Å². The molecule has 1 amide bonds. The molecule has 1 aliphatic carbocycles. The lowest BCUT2D eigenvalue weighted by Crippen LogP contribution is -2.31. The Balaban J connectivity index is 1.34. The maximum Gasteiger partial charge on any atom is 0.274 e. The standard InChI is InChI=1S/C29H24ClN3O3S3/c30-21-11-13-22(14-12-21)32-39(35,36)24-8-1-6-20(18-24)29(34)33-28(26-10-4-16-38-26)25-9-2-5-19(27(25)31-33)17-23-7-3-15-37-23/h1,3-4,6-8,10-18,25,28,32H,2,5,9H2/b19-17-. The number of sulfonamides is 1. The van der Waals surface area contributed by atoms with E-state index >= 15 is 0 Å². The lowest BCUT2D eigenvalue weighted by Gasteiger charge is -2.28. The largest absolute Gasteiger partial charge is 0.280 e. The zero-order valence-corrected chi connectivity index (χ0v) is 23.9. The van der Waals surface area contributed by atoms with Gasteiger partial charge in [0.05, 0.1) is 16.6 Å². The van der Waals surface area contributed by atoms with Crippen molar-refractivity contribution in [2.75, 3.05) is 4.72 Å². The van der Waals surface area contributed by atoms with Gasteiger partial charge in [0.15, 0.2) is 0 Å². The van der Waals surface area contributed by atoms with Crippen molar-refractivity contribution in [3.8, 4) is 0 Å². The van der Waals surface area contributed by atoms with Crippen molar-refractivity contribution in [1.82, 2.24) is 5.01 Å². The number of amides is 1. The number of thiophene rings is 2. The molecule has 2 aromatic heterocycles. The van der Waals surface area contributed by atoms with Gasteiger partial charge >= 0.3 is 0 Å². The molecule has 1 fully saturated rings. The molecule has 2 aliphatic rings. The van der Waals surface area contributed by atoms with E-state index in [-0.39, 0.29) is 28.3 Å². The Morgan fingerprint density at radius 1 is 1.03 bits per heavy atom. The normalized spacial score (nSPS) is 20.1. The molecule has 2 atom stereocenters. The Bertz CT molecular complexity index is 1660. The number of allylic oxidation sites excluding steroid dienone is 1. The molecule has 39 heavy (non-hydrogen) atoms. The topological polar surface area (TPSA) is 78.8 Å². The minimum atomic E-state index is -3.93. The van der Waals surface area contributed by atoms with Crippen LogP contribution in [0, 0.1) is 5.92 Å². The molecule has 6 rings (SSSR count). The third-order valence-electron chi connectivity index (χ3n) is 6.89. The quantitative estimate of drug-likeness (QED) is 0.249. The summed E-state index contributed by atoms with van der Waals surface area (Å²) in [7, 11) is -3.93. The van der Waals surface area contributed by atoms with Crippen LogP contribution in [0.3, 0.4) is 0 Å². The van der Waals surface area contributed by atoms with Crippen LogP contribution >= 0.6 is 34.3 Å². The van der Waals surface area contributed by atoms with Gasteiger partial charge in [-0.1, -0.05) is 29.8 Å². The zero-order chi connectivity index (χ0) is 27.0. The molecule has 0 radical (unpaired) electrons. The highest BCUT2D eigenvalue weighted by Gasteiger charge is 2.44. The average Bonchev–Trinajstić information content (AvgIpc) is 3.71. The molecule has 10 heteroatoms. The molecule has 4 aromatic rings. The number of benzene rings is 2. The highest BCUT2D eigenvalue weighted by Crippen LogP contribution is 2.46. The Morgan fingerprint density at radius 2 is 1.82 bits per heavy atom. The molecule has 0 spiro atoms. The van der Waals surface area contributed by atoms with Crippen molar-refractivity contribution >= 4 is 67.7 Å². The molecule has 1 N–H and O–H groups in total. The number of hydrazone groups is 1. The summed E-state index contributed by atoms with van der Waals surface area (Å²) in [6.07, 6.45) is 5.06. The van der Waals surface area contributed by atoms with Gasteiger partial charge < -0.3 is 0 Å². The minimum Gasteiger partial charge on any atom is -0.280 e. The summed E-state index contributed by atoms with van der Waals surface area (Å²) >= 11 is 9.21. The molecule has 1 saturated carbocycles.